The Balaban J connectivity index is 1.90. The minimum absolute atomic E-state index is 0.254. The van der Waals surface area contributed by atoms with Crippen molar-refractivity contribution >= 4 is 18.9 Å². The second kappa shape index (κ2) is 6.05. The highest BCUT2D eigenvalue weighted by atomic mass is 31.2. The third kappa shape index (κ3) is 3.15. The summed E-state index contributed by atoms with van der Waals surface area (Å²) in [5, 5.41) is 20.4. The Morgan fingerprint density at radius 1 is 1.42 bits per heavy atom. The highest BCUT2D eigenvalue weighted by molar-refractivity contribution is 7.46. The quantitative estimate of drug-likeness (QED) is 0.418. The van der Waals surface area contributed by atoms with Crippen molar-refractivity contribution in [2.75, 3.05) is 6.61 Å². The van der Waals surface area contributed by atoms with Crippen molar-refractivity contribution < 1.29 is 33.8 Å². The number of fused-ring (bicyclic) bond motifs is 1. The van der Waals surface area contributed by atoms with Gasteiger partial charge in [-0.1, -0.05) is 0 Å². The molecule has 2 aromatic rings. The van der Waals surface area contributed by atoms with Crippen LogP contribution < -0.4 is 5.56 Å². The lowest BCUT2D eigenvalue weighted by Gasteiger charge is -2.17. The van der Waals surface area contributed by atoms with E-state index in [1.54, 1.807) is 6.92 Å². The minimum atomic E-state index is -4.73. The van der Waals surface area contributed by atoms with E-state index in [2.05, 4.69) is 14.5 Å². The summed E-state index contributed by atoms with van der Waals surface area (Å²) in [5.74, 6) is 0.363. The zero-order valence-corrected chi connectivity index (χ0v) is 13.3. The van der Waals surface area contributed by atoms with Gasteiger partial charge in [-0.05, 0) is 13.0 Å². The monoisotopic (exact) mass is 361 g/mol. The van der Waals surface area contributed by atoms with Gasteiger partial charge in [0, 0.05) is 6.20 Å². The first kappa shape index (κ1) is 17.2. The largest absolute Gasteiger partial charge is 0.469 e. The molecule has 1 aliphatic heterocycles. The number of aliphatic hydroxyl groups excluding tert-OH is 2. The third-order valence-corrected chi connectivity index (χ3v) is 4.20. The van der Waals surface area contributed by atoms with E-state index in [-0.39, 0.29) is 16.6 Å². The van der Waals surface area contributed by atoms with Crippen molar-refractivity contribution in [2.45, 2.75) is 31.5 Å². The summed E-state index contributed by atoms with van der Waals surface area (Å²) in [6.07, 6.45) is -3.59. The van der Waals surface area contributed by atoms with Crippen molar-refractivity contribution in [1.29, 1.82) is 0 Å². The molecular formula is C12H16N3O8P. The lowest BCUT2D eigenvalue weighted by atomic mass is 10.1. The average Bonchev–Trinajstić information content (AvgIpc) is 3.00. The first-order chi connectivity index (χ1) is 11.2. The Labute approximate surface area is 134 Å². The zero-order chi connectivity index (χ0) is 17.6. The maximum atomic E-state index is 11.9. The van der Waals surface area contributed by atoms with Gasteiger partial charge in [0.15, 0.2) is 6.23 Å². The summed E-state index contributed by atoms with van der Waals surface area (Å²) >= 11 is 0. The van der Waals surface area contributed by atoms with Gasteiger partial charge in [0.2, 0.25) is 0 Å². The van der Waals surface area contributed by atoms with E-state index in [9.17, 15) is 19.6 Å². The Bertz CT molecular complexity index is 858. The number of aliphatic hydroxyl groups is 2. The minimum Gasteiger partial charge on any atom is -0.387 e. The molecule has 3 heterocycles. The smallest absolute Gasteiger partial charge is 0.387 e. The van der Waals surface area contributed by atoms with E-state index in [0.717, 1.165) is 0 Å². The third-order valence-electron chi connectivity index (χ3n) is 3.72. The number of nitrogens with one attached hydrogen (secondary N) is 1. The number of aromatic amines is 1. The molecule has 132 valence electrons. The molecule has 12 heteroatoms. The van der Waals surface area contributed by atoms with Crippen molar-refractivity contribution in [1.82, 2.24) is 14.5 Å². The molecule has 3 rings (SSSR count). The predicted molar refractivity (Wildman–Crippen MR) is 79.0 cm³/mol. The fourth-order valence-corrected chi connectivity index (χ4v) is 2.97. The second-order valence-electron chi connectivity index (χ2n) is 5.44. The number of phosphoric acid groups is 1. The van der Waals surface area contributed by atoms with Gasteiger partial charge in [0.1, 0.15) is 29.8 Å². The molecule has 0 aliphatic carbocycles. The summed E-state index contributed by atoms with van der Waals surface area (Å²) in [4.78, 5) is 36.1. The van der Waals surface area contributed by atoms with Crippen LogP contribution in [0, 0.1) is 6.92 Å². The second-order valence-corrected chi connectivity index (χ2v) is 6.68. The maximum absolute atomic E-state index is 11.9. The Hall–Kier alpha value is -1.59. The molecule has 0 aromatic carbocycles. The van der Waals surface area contributed by atoms with Crippen LogP contribution in [0.2, 0.25) is 0 Å². The summed E-state index contributed by atoms with van der Waals surface area (Å²) in [6, 6.07) is 1.49. The van der Waals surface area contributed by atoms with Gasteiger partial charge in [0.05, 0.1) is 12.0 Å². The molecule has 0 spiro atoms. The van der Waals surface area contributed by atoms with Gasteiger partial charge < -0.3 is 34.3 Å². The van der Waals surface area contributed by atoms with Crippen molar-refractivity contribution in [3.05, 3.63) is 28.4 Å². The summed E-state index contributed by atoms with van der Waals surface area (Å²) < 4.78 is 21.9. The molecule has 0 bridgehead atoms. The Morgan fingerprint density at radius 3 is 2.79 bits per heavy atom. The molecule has 4 atom stereocenters. The van der Waals surface area contributed by atoms with Crippen LogP contribution in [0.4, 0.5) is 0 Å². The van der Waals surface area contributed by atoms with Crippen molar-refractivity contribution in [3.8, 4) is 0 Å². The number of rotatable bonds is 4. The molecular weight excluding hydrogens is 345 g/mol. The number of aryl methyl sites for hydroxylation is 1. The predicted octanol–water partition coefficient (Wildman–Crippen LogP) is -1.24. The number of hydrogen-bond donors (Lipinski definition) is 5. The fourth-order valence-electron chi connectivity index (χ4n) is 2.63. The summed E-state index contributed by atoms with van der Waals surface area (Å²) in [5.41, 5.74) is -0.102. The molecule has 5 N–H and O–H groups in total. The summed E-state index contributed by atoms with van der Waals surface area (Å²) in [7, 11) is -4.73. The molecule has 0 saturated carbocycles. The molecule has 0 radical (unpaired) electrons. The standard InChI is InChI=1S/C12H16N3O8P/c1-5-13-10-6(11(18)14-5)2-3-15(10)12-9(17)8(16)7(23-12)4-22-24(19,20)21/h2-3,7-9,12,16-17H,4H2,1H3,(H,13,14,18)(H2,19,20,21)/t7?,8-,9-,12-/m1/s1. The lowest BCUT2D eigenvalue weighted by molar-refractivity contribution is -0.0501. The molecule has 2 aromatic heterocycles. The van der Waals surface area contributed by atoms with Crippen molar-refractivity contribution in [2.24, 2.45) is 0 Å². The number of phosphoric ester groups is 1. The van der Waals surface area contributed by atoms with Gasteiger partial charge in [-0.2, -0.15) is 0 Å². The van der Waals surface area contributed by atoms with Gasteiger partial charge in [-0.15, -0.1) is 0 Å². The summed E-state index contributed by atoms with van der Waals surface area (Å²) in [6.45, 7) is 0.987. The normalized spacial score (nSPS) is 27.9. The van der Waals surface area contributed by atoms with E-state index in [1.165, 1.54) is 16.8 Å². The fraction of sp³-hybridized carbons (Fsp3) is 0.500. The van der Waals surface area contributed by atoms with Gasteiger partial charge >= 0.3 is 7.82 Å². The van der Waals surface area contributed by atoms with Crippen LogP contribution in [-0.4, -0.2) is 59.5 Å². The van der Waals surface area contributed by atoms with Crippen LogP contribution in [0.1, 0.15) is 12.1 Å². The van der Waals surface area contributed by atoms with Crippen LogP contribution >= 0.6 is 7.82 Å². The highest BCUT2D eigenvalue weighted by Crippen LogP contribution is 2.38. The Morgan fingerprint density at radius 2 is 2.12 bits per heavy atom. The van der Waals surface area contributed by atoms with E-state index in [4.69, 9.17) is 14.5 Å². The molecule has 1 unspecified atom stereocenters. The van der Waals surface area contributed by atoms with Gasteiger partial charge in [-0.3, -0.25) is 9.32 Å². The van der Waals surface area contributed by atoms with Gasteiger partial charge in [0.25, 0.3) is 5.56 Å². The maximum Gasteiger partial charge on any atom is 0.469 e. The number of aromatic nitrogens is 3. The molecule has 1 saturated heterocycles. The van der Waals surface area contributed by atoms with Crippen molar-refractivity contribution in [3.63, 3.8) is 0 Å². The van der Waals surface area contributed by atoms with E-state index < -0.39 is 39.0 Å². The van der Waals surface area contributed by atoms with E-state index in [1.807, 2.05) is 0 Å². The first-order valence-electron chi connectivity index (χ1n) is 6.96. The first-order valence-corrected chi connectivity index (χ1v) is 8.49. The molecule has 1 fully saturated rings. The SMILES string of the molecule is Cc1nc2c(ccn2[C@@H]2OC(COP(=O)(O)O)[C@@H](O)[C@H]2O)c(=O)[nH]1. The average molecular weight is 361 g/mol. The molecule has 11 nitrogen and oxygen atoms in total. The Kier molecular flexibility index (Phi) is 4.34. The molecule has 1 aliphatic rings. The number of nitrogens with zero attached hydrogens (tertiary/aromatic N) is 2. The van der Waals surface area contributed by atoms with E-state index in [0.29, 0.717) is 5.82 Å². The topological polar surface area (TPSA) is 167 Å². The molecule has 0 amide bonds. The number of hydrogen-bond acceptors (Lipinski definition) is 7. The van der Waals surface area contributed by atoms with Crippen LogP contribution in [-0.2, 0) is 13.8 Å². The highest BCUT2D eigenvalue weighted by Gasteiger charge is 2.45. The van der Waals surface area contributed by atoms with Crippen LogP contribution in [0.25, 0.3) is 11.0 Å². The van der Waals surface area contributed by atoms with Crippen LogP contribution in [0.5, 0.6) is 0 Å². The lowest BCUT2D eigenvalue weighted by Crippen LogP contribution is -2.33. The van der Waals surface area contributed by atoms with Crippen LogP contribution in [0.15, 0.2) is 17.1 Å². The van der Waals surface area contributed by atoms with Gasteiger partial charge in [-0.25, -0.2) is 9.55 Å². The number of ether oxygens (including phenoxy) is 1. The van der Waals surface area contributed by atoms with Crippen LogP contribution in [0.3, 0.4) is 0 Å². The number of H-pyrrole nitrogens is 1. The zero-order valence-electron chi connectivity index (χ0n) is 12.4. The molecule has 24 heavy (non-hydrogen) atoms. The van der Waals surface area contributed by atoms with E-state index >= 15 is 0 Å².